The Morgan fingerprint density at radius 3 is 2.58 bits per heavy atom. The van der Waals surface area contributed by atoms with E-state index in [-0.39, 0.29) is 6.04 Å². The fourth-order valence-electron chi connectivity index (χ4n) is 2.38. The van der Waals surface area contributed by atoms with Gasteiger partial charge in [0.05, 0.1) is 17.4 Å². The molecule has 0 aliphatic carbocycles. The lowest BCUT2D eigenvalue weighted by Crippen LogP contribution is -2.25. The molecule has 1 heterocycles. The van der Waals surface area contributed by atoms with E-state index in [9.17, 15) is 0 Å². The molecule has 0 saturated carbocycles. The zero-order valence-electron chi connectivity index (χ0n) is 12.1. The highest BCUT2D eigenvalue weighted by Gasteiger charge is 2.17. The van der Waals surface area contributed by atoms with Crippen LogP contribution < -0.4 is 5.32 Å². The second-order valence-corrected chi connectivity index (χ2v) is 4.82. The van der Waals surface area contributed by atoms with Crippen molar-refractivity contribution in [2.75, 3.05) is 6.54 Å². The summed E-state index contributed by atoms with van der Waals surface area (Å²) in [5.74, 6) is 0. The Balaban J connectivity index is 2.36. The molecule has 19 heavy (non-hydrogen) atoms. The van der Waals surface area contributed by atoms with Crippen LogP contribution in [0.25, 0.3) is 0 Å². The Kier molecular flexibility index (Phi) is 4.74. The first-order chi connectivity index (χ1) is 9.26. The average molecular weight is 257 g/mol. The van der Waals surface area contributed by atoms with Crippen LogP contribution in [0.1, 0.15) is 43.3 Å². The van der Waals surface area contributed by atoms with Crippen molar-refractivity contribution in [2.24, 2.45) is 0 Å². The summed E-state index contributed by atoms with van der Waals surface area (Å²) in [4.78, 5) is 0. The van der Waals surface area contributed by atoms with Crippen molar-refractivity contribution < 1.29 is 0 Å². The topological polar surface area (TPSA) is 29.9 Å². The van der Waals surface area contributed by atoms with Crippen molar-refractivity contribution in [3.8, 4) is 0 Å². The summed E-state index contributed by atoms with van der Waals surface area (Å²) >= 11 is 0. The molecule has 2 aromatic rings. The van der Waals surface area contributed by atoms with E-state index in [0.29, 0.717) is 0 Å². The lowest BCUT2D eigenvalue weighted by atomic mass is 10.0. The molecular formula is C16H23N3. The van der Waals surface area contributed by atoms with Gasteiger partial charge in [-0.25, -0.2) is 0 Å². The third-order valence-corrected chi connectivity index (χ3v) is 3.26. The quantitative estimate of drug-likeness (QED) is 0.860. The number of benzene rings is 1. The van der Waals surface area contributed by atoms with Gasteiger partial charge in [0.2, 0.25) is 0 Å². The van der Waals surface area contributed by atoms with Crippen LogP contribution in [-0.4, -0.2) is 16.3 Å². The largest absolute Gasteiger partial charge is 0.305 e. The highest BCUT2D eigenvalue weighted by Crippen LogP contribution is 2.22. The van der Waals surface area contributed by atoms with Gasteiger partial charge in [0.15, 0.2) is 0 Å². The molecule has 1 aromatic carbocycles. The van der Waals surface area contributed by atoms with E-state index in [2.05, 4.69) is 72.3 Å². The lowest BCUT2D eigenvalue weighted by Gasteiger charge is -2.20. The number of aromatic nitrogens is 2. The molecule has 0 saturated heterocycles. The van der Waals surface area contributed by atoms with E-state index < -0.39 is 0 Å². The smallest absolute Gasteiger partial charge is 0.0748 e. The van der Waals surface area contributed by atoms with Gasteiger partial charge in [0, 0.05) is 6.54 Å². The van der Waals surface area contributed by atoms with Crippen LogP contribution in [0, 0.1) is 6.92 Å². The zero-order chi connectivity index (χ0) is 13.7. The SMILES string of the molecule is CCCNC(c1ccccc1)c1cc(C)nn1CC. The Bertz CT molecular complexity index is 502. The zero-order valence-corrected chi connectivity index (χ0v) is 12.1. The summed E-state index contributed by atoms with van der Waals surface area (Å²) in [7, 11) is 0. The van der Waals surface area contributed by atoms with E-state index in [0.717, 1.165) is 25.2 Å². The predicted octanol–water partition coefficient (Wildman–Crippen LogP) is 3.30. The summed E-state index contributed by atoms with van der Waals surface area (Å²) in [6.07, 6.45) is 1.13. The number of nitrogens with zero attached hydrogens (tertiary/aromatic N) is 2. The second-order valence-electron chi connectivity index (χ2n) is 4.82. The number of hydrogen-bond donors (Lipinski definition) is 1. The number of nitrogens with one attached hydrogen (secondary N) is 1. The van der Waals surface area contributed by atoms with Crippen LogP contribution in [0.15, 0.2) is 36.4 Å². The number of rotatable bonds is 6. The molecule has 0 radical (unpaired) electrons. The van der Waals surface area contributed by atoms with Crippen molar-refractivity contribution in [1.82, 2.24) is 15.1 Å². The van der Waals surface area contributed by atoms with Gasteiger partial charge in [-0.2, -0.15) is 5.10 Å². The minimum Gasteiger partial charge on any atom is -0.305 e. The van der Waals surface area contributed by atoms with Gasteiger partial charge in [0.25, 0.3) is 0 Å². The molecule has 0 amide bonds. The molecule has 0 bridgehead atoms. The molecule has 1 N–H and O–H groups in total. The Hall–Kier alpha value is -1.61. The van der Waals surface area contributed by atoms with Crippen molar-refractivity contribution >= 4 is 0 Å². The van der Waals surface area contributed by atoms with Crippen LogP contribution >= 0.6 is 0 Å². The minimum atomic E-state index is 0.224. The fraction of sp³-hybridized carbons (Fsp3) is 0.438. The normalized spacial score (nSPS) is 12.6. The summed E-state index contributed by atoms with van der Waals surface area (Å²) in [5, 5.41) is 8.19. The van der Waals surface area contributed by atoms with Crippen LogP contribution in [-0.2, 0) is 6.54 Å². The number of hydrogen-bond acceptors (Lipinski definition) is 2. The molecule has 2 rings (SSSR count). The third-order valence-electron chi connectivity index (χ3n) is 3.26. The van der Waals surface area contributed by atoms with Gasteiger partial charge in [-0.1, -0.05) is 37.3 Å². The molecule has 3 heteroatoms. The van der Waals surface area contributed by atoms with Gasteiger partial charge >= 0.3 is 0 Å². The second kappa shape index (κ2) is 6.53. The monoisotopic (exact) mass is 257 g/mol. The summed E-state index contributed by atoms with van der Waals surface area (Å²) < 4.78 is 2.09. The third kappa shape index (κ3) is 3.24. The molecule has 3 nitrogen and oxygen atoms in total. The summed E-state index contributed by atoms with van der Waals surface area (Å²) in [6.45, 7) is 8.29. The number of aryl methyl sites for hydroxylation is 2. The first-order valence-corrected chi connectivity index (χ1v) is 7.09. The average Bonchev–Trinajstić information content (AvgIpc) is 2.81. The van der Waals surface area contributed by atoms with Gasteiger partial charge < -0.3 is 5.32 Å². The predicted molar refractivity (Wildman–Crippen MR) is 79.2 cm³/mol. The maximum atomic E-state index is 4.56. The van der Waals surface area contributed by atoms with Gasteiger partial charge in [-0.15, -0.1) is 0 Å². The summed E-state index contributed by atoms with van der Waals surface area (Å²) in [6, 6.07) is 13.0. The van der Waals surface area contributed by atoms with Crippen LogP contribution in [0.5, 0.6) is 0 Å². The molecule has 1 atom stereocenters. The maximum Gasteiger partial charge on any atom is 0.0748 e. The van der Waals surface area contributed by atoms with Crippen molar-refractivity contribution in [3.63, 3.8) is 0 Å². The van der Waals surface area contributed by atoms with Gasteiger partial charge in [-0.3, -0.25) is 4.68 Å². The highest BCUT2D eigenvalue weighted by molar-refractivity contribution is 5.28. The Morgan fingerprint density at radius 1 is 1.21 bits per heavy atom. The Labute approximate surface area is 115 Å². The van der Waals surface area contributed by atoms with E-state index in [1.807, 2.05) is 0 Å². The van der Waals surface area contributed by atoms with Crippen LogP contribution in [0.3, 0.4) is 0 Å². The van der Waals surface area contributed by atoms with E-state index >= 15 is 0 Å². The van der Waals surface area contributed by atoms with E-state index in [4.69, 9.17) is 0 Å². The summed E-state index contributed by atoms with van der Waals surface area (Å²) in [5.41, 5.74) is 3.63. The highest BCUT2D eigenvalue weighted by atomic mass is 15.3. The van der Waals surface area contributed by atoms with Gasteiger partial charge in [-0.05, 0) is 38.4 Å². The first-order valence-electron chi connectivity index (χ1n) is 7.09. The minimum absolute atomic E-state index is 0.224. The van der Waals surface area contributed by atoms with Crippen molar-refractivity contribution in [1.29, 1.82) is 0 Å². The Morgan fingerprint density at radius 2 is 1.95 bits per heavy atom. The molecule has 0 aliphatic rings. The standard InChI is InChI=1S/C16H23N3/c1-4-11-17-16(14-9-7-6-8-10-14)15-12-13(3)18-19(15)5-2/h6-10,12,16-17H,4-5,11H2,1-3H3. The van der Waals surface area contributed by atoms with Crippen molar-refractivity contribution in [2.45, 2.75) is 39.8 Å². The van der Waals surface area contributed by atoms with Crippen molar-refractivity contribution in [3.05, 3.63) is 53.3 Å². The first kappa shape index (κ1) is 13.8. The lowest BCUT2D eigenvalue weighted by molar-refractivity contribution is 0.529. The fourth-order valence-corrected chi connectivity index (χ4v) is 2.38. The molecular weight excluding hydrogens is 234 g/mol. The molecule has 102 valence electrons. The van der Waals surface area contributed by atoms with Crippen LogP contribution in [0.4, 0.5) is 0 Å². The molecule has 1 unspecified atom stereocenters. The van der Waals surface area contributed by atoms with E-state index in [1.54, 1.807) is 0 Å². The molecule has 0 aliphatic heterocycles. The molecule has 0 fully saturated rings. The van der Waals surface area contributed by atoms with Crippen LogP contribution in [0.2, 0.25) is 0 Å². The van der Waals surface area contributed by atoms with E-state index in [1.165, 1.54) is 11.3 Å². The molecule has 1 aromatic heterocycles. The molecule has 0 spiro atoms. The van der Waals surface area contributed by atoms with Gasteiger partial charge in [0.1, 0.15) is 0 Å². The maximum absolute atomic E-state index is 4.56.